The van der Waals surface area contributed by atoms with E-state index in [0.29, 0.717) is 27.1 Å². The van der Waals surface area contributed by atoms with Crippen LogP contribution in [0.5, 0.6) is 11.5 Å². The van der Waals surface area contributed by atoms with Gasteiger partial charge in [-0.3, -0.25) is 10.1 Å². The van der Waals surface area contributed by atoms with E-state index in [0.717, 1.165) is 11.8 Å². The van der Waals surface area contributed by atoms with Gasteiger partial charge in [-0.15, -0.1) is 0 Å². The van der Waals surface area contributed by atoms with Crippen LogP contribution in [-0.2, 0) is 6.61 Å². The lowest BCUT2D eigenvalue weighted by atomic mass is 10.2. The molecule has 0 atom stereocenters. The first-order chi connectivity index (χ1) is 11.0. The third kappa shape index (κ3) is 4.87. The van der Waals surface area contributed by atoms with Gasteiger partial charge in [0.1, 0.15) is 6.61 Å². The van der Waals surface area contributed by atoms with E-state index < -0.39 is 4.92 Å². The van der Waals surface area contributed by atoms with E-state index in [2.05, 4.69) is 0 Å². The third-order valence-electron chi connectivity index (χ3n) is 2.95. The maximum absolute atomic E-state index is 10.3. The minimum absolute atomic E-state index is 0.289. The van der Waals surface area contributed by atoms with E-state index in [-0.39, 0.29) is 6.61 Å². The number of hydrogen-bond donors (Lipinski definition) is 0. The van der Waals surface area contributed by atoms with Gasteiger partial charge < -0.3 is 9.47 Å². The molecule has 0 heterocycles. The zero-order chi connectivity index (χ0) is 16.8. The molecule has 0 bridgehead atoms. The molecule has 0 saturated heterocycles. The molecule has 2 aromatic carbocycles. The van der Waals surface area contributed by atoms with Crippen molar-refractivity contribution >= 4 is 29.3 Å². The van der Waals surface area contributed by atoms with Crippen LogP contribution >= 0.6 is 23.2 Å². The van der Waals surface area contributed by atoms with Gasteiger partial charge in [-0.05, 0) is 35.4 Å². The zero-order valence-corrected chi connectivity index (χ0v) is 13.7. The Labute approximate surface area is 143 Å². The first kappa shape index (κ1) is 17.1. The molecule has 2 rings (SSSR count). The van der Waals surface area contributed by atoms with Crippen molar-refractivity contribution in [2.24, 2.45) is 0 Å². The van der Waals surface area contributed by atoms with Crippen molar-refractivity contribution < 1.29 is 14.4 Å². The first-order valence-electron chi connectivity index (χ1n) is 6.56. The lowest BCUT2D eigenvalue weighted by Crippen LogP contribution is -1.98. The second-order valence-corrected chi connectivity index (χ2v) is 5.36. The molecule has 0 N–H and O–H groups in total. The van der Waals surface area contributed by atoms with Crippen LogP contribution in [0.25, 0.3) is 6.08 Å². The summed E-state index contributed by atoms with van der Waals surface area (Å²) in [6.45, 7) is 0.289. The van der Waals surface area contributed by atoms with Crippen LogP contribution in [0.3, 0.4) is 0 Å². The molecule has 0 saturated carbocycles. The number of rotatable bonds is 6. The summed E-state index contributed by atoms with van der Waals surface area (Å²) >= 11 is 11.8. The van der Waals surface area contributed by atoms with Crippen LogP contribution in [-0.4, -0.2) is 12.0 Å². The van der Waals surface area contributed by atoms with E-state index in [1.807, 2.05) is 6.07 Å². The van der Waals surface area contributed by atoms with Gasteiger partial charge in [-0.2, -0.15) is 0 Å². The van der Waals surface area contributed by atoms with Crippen molar-refractivity contribution in [3.8, 4) is 11.5 Å². The van der Waals surface area contributed by atoms with Crippen molar-refractivity contribution in [3.05, 3.63) is 73.9 Å². The Bertz CT molecular complexity index is 747. The number of methoxy groups -OCH3 is 1. The molecule has 0 aliphatic rings. The van der Waals surface area contributed by atoms with Crippen LogP contribution in [0.15, 0.2) is 42.6 Å². The van der Waals surface area contributed by atoms with Crippen molar-refractivity contribution in [2.75, 3.05) is 7.11 Å². The number of hydrogen-bond acceptors (Lipinski definition) is 4. The van der Waals surface area contributed by atoms with Crippen molar-refractivity contribution in [1.82, 2.24) is 0 Å². The molecular formula is C16H13Cl2NO4. The fourth-order valence-corrected chi connectivity index (χ4v) is 2.17. The van der Waals surface area contributed by atoms with Crippen LogP contribution in [0.2, 0.25) is 10.0 Å². The average Bonchev–Trinajstić information content (AvgIpc) is 2.54. The predicted octanol–water partition coefficient (Wildman–Crippen LogP) is 4.83. The highest BCUT2D eigenvalue weighted by Gasteiger charge is 2.07. The Balaban J connectivity index is 2.12. The maximum atomic E-state index is 10.3. The number of nitrogens with zero attached hydrogens (tertiary/aromatic N) is 1. The van der Waals surface area contributed by atoms with E-state index in [4.69, 9.17) is 32.7 Å². The summed E-state index contributed by atoms with van der Waals surface area (Å²) in [4.78, 5) is 9.82. The molecule has 120 valence electrons. The number of nitro groups is 1. The lowest BCUT2D eigenvalue weighted by Gasteiger charge is -2.11. The van der Waals surface area contributed by atoms with E-state index in [1.54, 1.807) is 30.3 Å². The highest BCUT2D eigenvalue weighted by atomic mass is 35.5. The molecule has 0 aliphatic carbocycles. The second-order valence-electron chi connectivity index (χ2n) is 4.55. The molecule has 0 aliphatic heterocycles. The van der Waals surface area contributed by atoms with Gasteiger partial charge in [-0.25, -0.2) is 0 Å². The monoisotopic (exact) mass is 353 g/mol. The lowest BCUT2D eigenvalue weighted by molar-refractivity contribution is -0.400. The van der Waals surface area contributed by atoms with Crippen molar-refractivity contribution in [3.63, 3.8) is 0 Å². The van der Waals surface area contributed by atoms with Crippen LogP contribution in [0.4, 0.5) is 0 Å². The number of benzene rings is 2. The predicted molar refractivity (Wildman–Crippen MR) is 89.8 cm³/mol. The Morgan fingerprint density at radius 2 is 1.91 bits per heavy atom. The third-order valence-corrected chi connectivity index (χ3v) is 3.69. The maximum Gasteiger partial charge on any atom is 0.235 e. The molecule has 0 fully saturated rings. The molecular weight excluding hydrogens is 341 g/mol. The van der Waals surface area contributed by atoms with Crippen LogP contribution < -0.4 is 9.47 Å². The van der Waals surface area contributed by atoms with Crippen LogP contribution in [0.1, 0.15) is 11.1 Å². The van der Waals surface area contributed by atoms with E-state index in [1.165, 1.54) is 13.2 Å². The minimum atomic E-state index is -0.527. The molecule has 0 aromatic heterocycles. The summed E-state index contributed by atoms with van der Waals surface area (Å²) in [5, 5.41) is 11.3. The second kappa shape index (κ2) is 7.85. The van der Waals surface area contributed by atoms with Gasteiger partial charge in [-0.1, -0.05) is 35.3 Å². The van der Waals surface area contributed by atoms with Crippen LogP contribution in [0, 0.1) is 10.1 Å². The van der Waals surface area contributed by atoms with Gasteiger partial charge >= 0.3 is 0 Å². The minimum Gasteiger partial charge on any atom is -0.493 e. The molecule has 2 aromatic rings. The Hall–Kier alpha value is -2.24. The Morgan fingerprint density at radius 3 is 2.57 bits per heavy atom. The average molecular weight is 354 g/mol. The summed E-state index contributed by atoms with van der Waals surface area (Å²) in [6.07, 6.45) is 2.25. The fraction of sp³-hybridized carbons (Fsp3) is 0.125. The molecule has 0 spiro atoms. The quantitative estimate of drug-likeness (QED) is 0.551. The Morgan fingerprint density at radius 1 is 1.13 bits per heavy atom. The van der Waals surface area contributed by atoms with Gasteiger partial charge in [0.05, 0.1) is 22.1 Å². The molecule has 0 radical (unpaired) electrons. The summed E-state index contributed by atoms with van der Waals surface area (Å²) in [5.41, 5.74) is 1.50. The van der Waals surface area contributed by atoms with E-state index in [9.17, 15) is 10.1 Å². The van der Waals surface area contributed by atoms with Crippen molar-refractivity contribution in [1.29, 1.82) is 0 Å². The first-order valence-corrected chi connectivity index (χ1v) is 7.31. The van der Waals surface area contributed by atoms with Gasteiger partial charge in [0.2, 0.25) is 6.20 Å². The summed E-state index contributed by atoms with van der Waals surface area (Å²) in [6, 6.07) is 10.3. The zero-order valence-electron chi connectivity index (χ0n) is 12.2. The number of halogens is 2. The SMILES string of the molecule is COc1cc(/C=C/[N+](=O)[O-])ccc1OCc1ccc(Cl)c(Cl)c1. The largest absolute Gasteiger partial charge is 0.493 e. The molecule has 0 amide bonds. The topological polar surface area (TPSA) is 61.6 Å². The van der Waals surface area contributed by atoms with Gasteiger partial charge in [0, 0.05) is 6.08 Å². The Kier molecular flexibility index (Phi) is 5.84. The molecule has 7 heteroatoms. The fourth-order valence-electron chi connectivity index (χ4n) is 1.84. The summed E-state index contributed by atoms with van der Waals surface area (Å²) < 4.78 is 11.0. The van der Waals surface area contributed by atoms with E-state index >= 15 is 0 Å². The molecule has 23 heavy (non-hydrogen) atoms. The normalized spacial score (nSPS) is 10.7. The number of ether oxygens (including phenoxy) is 2. The van der Waals surface area contributed by atoms with Gasteiger partial charge in [0.25, 0.3) is 0 Å². The summed E-state index contributed by atoms with van der Waals surface area (Å²) in [5.74, 6) is 1.01. The highest BCUT2D eigenvalue weighted by Crippen LogP contribution is 2.30. The summed E-state index contributed by atoms with van der Waals surface area (Å²) in [7, 11) is 1.50. The molecule has 5 nitrogen and oxygen atoms in total. The standard InChI is InChI=1S/C16H13Cl2NO4/c1-22-16-9-11(6-7-19(20)21)3-5-15(16)23-10-12-2-4-13(17)14(18)8-12/h2-9H,10H2,1H3/b7-6+. The van der Waals surface area contributed by atoms with Crippen molar-refractivity contribution in [2.45, 2.75) is 6.61 Å². The van der Waals surface area contributed by atoms with Gasteiger partial charge in [0.15, 0.2) is 11.5 Å². The smallest absolute Gasteiger partial charge is 0.235 e. The highest BCUT2D eigenvalue weighted by molar-refractivity contribution is 6.42. The molecule has 0 unspecified atom stereocenters.